The third kappa shape index (κ3) is 9.66. The molecule has 0 spiro atoms. The number of nitrogens with one attached hydrogen (secondary N) is 2. The first kappa shape index (κ1) is 27.7. The quantitative estimate of drug-likeness (QED) is 0.401. The molecule has 35 heavy (non-hydrogen) atoms. The molecule has 3 N–H and O–H groups in total. The normalized spacial score (nSPS) is 11.5. The molecule has 0 fully saturated rings. The van der Waals surface area contributed by atoms with Gasteiger partial charge < -0.3 is 30.1 Å². The first-order valence-corrected chi connectivity index (χ1v) is 11.6. The zero-order valence-electron chi connectivity index (χ0n) is 20.5. The second-order valence-corrected chi connectivity index (χ2v) is 8.44. The Labute approximate surface area is 206 Å². The zero-order chi connectivity index (χ0) is 25.6. The van der Waals surface area contributed by atoms with Crippen LogP contribution in [0.5, 0.6) is 5.75 Å². The van der Waals surface area contributed by atoms with Crippen LogP contribution in [0.15, 0.2) is 54.6 Å². The van der Waals surface area contributed by atoms with E-state index in [0.717, 1.165) is 11.1 Å². The van der Waals surface area contributed by atoms with Gasteiger partial charge in [-0.25, -0.2) is 4.79 Å². The summed E-state index contributed by atoms with van der Waals surface area (Å²) < 4.78 is 10.4. The number of carbonyl (C=O) groups is 3. The van der Waals surface area contributed by atoms with Gasteiger partial charge in [0.25, 0.3) is 0 Å². The maximum atomic E-state index is 13.3. The van der Waals surface area contributed by atoms with Gasteiger partial charge in [-0.15, -0.1) is 0 Å². The van der Waals surface area contributed by atoms with E-state index in [9.17, 15) is 14.4 Å². The van der Waals surface area contributed by atoms with E-state index in [1.807, 2.05) is 56.3 Å². The molecular formula is C26H35N3O6. The Kier molecular flexibility index (Phi) is 11.6. The lowest BCUT2D eigenvalue weighted by molar-refractivity contribution is -0.141. The molecule has 0 saturated carbocycles. The van der Waals surface area contributed by atoms with Gasteiger partial charge in [0.05, 0.1) is 13.7 Å². The molecule has 0 unspecified atom stereocenters. The fourth-order valence-electron chi connectivity index (χ4n) is 3.44. The lowest BCUT2D eigenvalue weighted by Gasteiger charge is -2.32. The number of nitrogens with zero attached hydrogens (tertiary/aromatic N) is 1. The van der Waals surface area contributed by atoms with Gasteiger partial charge in [-0.05, 0) is 35.6 Å². The fraction of sp³-hybridized carbons (Fsp3) is 0.423. The van der Waals surface area contributed by atoms with Gasteiger partial charge in [-0.3, -0.25) is 9.59 Å². The summed E-state index contributed by atoms with van der Waals surface area (Å²) >= 11 is 0. The van der Waals surface area contributed by atoms with Crippen molar-refractivity contribution in [2.45, 2.75) is 39.5 Å². The van der Waals surface area contributed by atoms with Gasteiger partial charge in [0.15, 0.2) is 0 Å². The van der Waals surface area contributed by atoms with Crippen LogP contribution in [0.4, 0.5) is 4.79 Å². The molecule has 3 amide bonds. The van der Waals surface area contributed by atoms with Crippen LogP contribution in [0, 0.1) is 5.92 Å². The number of benzene rings is 2. The molecule has 190 valence electrons. The second-order valence-electron chi connectivity index (χ2n) is 8.44. The number of amides is 3. The van der Waals surface area contributed by atoms with Crippen LogP contribution in [0.1, 0.15) is 31.4 Å². The van der Waals surface area contributed by atoms with E-state index >= 15 is 0 Å². The number of carbonyl (C=O) groups excluding carboxylic acids is 3. The van der Waals surface area contributed by atoms with Crippen molar-refractivity contribution in [2.24, 2.45) is 5.92 Å². The molecule has 0 aliphatic carbocycles. The maximum absolute atomic E-state index is 13.3. The number of alkyl carbamates (subject to hydrolysis) is 1. The molecule has 0 saturated heterocycles. The van der Waals surface area contributed by atoms with Crippen LogP contribution in [0.3, 0.4) is 0 Å². The molecule has 0 aliphatic heterocycles. The van der Waals surface area contributed by atoms with Crippen LogP contribution in [0.25, 0.3) is 0 Å². The minimum atomic E-state index is -0.779. The van der Waals surface area contributed by atoms with Gasteiger partial charge in [-0.2, -0.15) is 0 Å². The Balaban J connectivity index is 2.13. The van der Waals surface area contributed by atoms with Gasteiger partial charge in [0.1, 0.15) is 24.9 Å². The molecule has 2 rings (SSSR count). The van der Waals surface area contributed by atoms with E-state index < -0.39 is 18.0 Å². The van der Waals surface area contributed by atoms with E-state index in [-0.39, 0.29) is 44.7 Å². The summed E-state index contributed by atoms with van der Waals surface area (Å²) in [5.41, 5.74) is 1.63. The third-order valence-electron chi connectivity index (χ3n) is 5.21. The maximum Gasteiger partial charge on any atom is 0.407 e. The van der Waals surface area contributed by atoms with Crippen LogP contribution in [-0.4, -0.2) is 60.8 Å². The van der Waals surface area contributed by atoms with Crippen LogP contribution in [-0.2, 0) is 27.5 Å². The highest BCUT2D eigenvalue weighted by Crippen LogP contribution is 2.18. The number of hydrogen-bond acceptors (Lipinski definition) is 6. The first-order valence-electron chi connectivity index (χ1n) is 11.6. The third-order valence-corrected chi connectivity index (χ3v) is 5.21. The summed E-state index contributed by atoms with van der Waals surface area (Å²) in [5.74, 6) is 0.00672. The Hall–Kier alpha value is -3.59. The fourth-order valence-corrected chi connectivity index (χ4v) is 3.44. The molecule has 2 aromatic carbocycles. The SMILES string of the molecule is COc1ccc(CN(C(=O)CNC(=O)OCc2ccccc2)[C@@H](CC(C)C)C(=O)NCCO)cc1. The lowest BCUT2D eigenvalue weighted by Crippen LogP contribution is -2.52. The summed E-state index contributed by atoms with van der Waals surface area (Å²) in [7, 11) is 1.57. The van der Waals surface area contributed by atoms with Crippen molar-refractivity contribution in [1.29, 1.82) is 0 Å². The molecule has 2 aromatic rings. The summed E-state index contributed by atoms with van der Waals surface area (Å²) in [4.78, 5) is 39.8. The smallest absolute Gasteiger partial charge is 0.407 e. The van der Waals surface area contributed by atoms with Gasteiger partial charge in [-0.1, -0.05) is 56.3 Å². The number of methoxy groups -OCH3 is 1. The largest absolute Gasteiger partial charge is 0.497 e. The minimum absolute atomic E-state index is 0.0793. The number of ether oxygens (including phenoxy) is 2. The van der Waals surface area contributed by atoms with Crippen molar-refractivity contribution in [1.82, 2.24) is 15.5 Å². The average molecular weight is 486 g/mol. The predicted octanol–water partition coefficient (Wildman–Crippen LogP) is 2.47. The van der Waals surface area contributed by atoms with Crippen LogP contribution < -0.4 is 15.4 Å². The van der Waals surface area contributed by atoms with E-state index in [2.05, 4.69) is 10.6 Å². The molecule has 1 atom stereocenters. The highest BCUT2D eigenvalue weighted by molar-refractivity contribution is 5.89. The highest BCUT2D eigenvalue weighted by Gasteiger charge is 2.30. The number of hydrogen-bond donors (Lipinski definition) is 3. The summed E-state index contributed by atoms with van der Waals surface area (Å²) in [5, 5.41) is 14.3. The molecule has 9 heteroatoms. The molecular weight excluding hydrogens is 450 g/mol. The Bertz CT molecular complexity index is 934. The number of rotatable bonds is 13. The summed E-state index contributed by atoms with van der Waals surface area (Å²) in [6.45, 7) is 3.71. The van der Waals surface area contributed by atoms with Crippen molar-refractivity contribution >= 4 is 17.9 Å². The van der Waals surface area contributed by atoms with E-state index in [1.165, 1.54) is 4.90 Å². The average Bonchev–Trinajstić information content (AvgIpc) is 2.87. The topological polar surface area (TPSA) is 117 Å². The lowest BCUT2D eigenvalue weighted by atomic mass is 10.0. The number of aliphatic hydroxyl groups excluding tert-OH is 1. The Morgan fingerprint density at radius 2 is 1.66 bits per heavy atom. The number of aliphatic hydroxyl groups is 1. The molecule has 9 nitrogen and oxygen atoms in total. The zero-order valence-corrected chi connectivity index (χ0v) is 20.5. The molecule has 0 radical (unpaired) electrons. The predicted molar refractivity (Wildman–Crippen MR) is 132 cm³/mol. The summed E-state index contributed by atoms with van der Waals surface area (Å²) in [6, 6.07) is 15.6. The van der Waals surface area contributed by atoms with Gasteiger partial charge in [0.2, 0.25) is 11.8 Å². The monoisotopic (exact) mass is 485 g/mol. The van der Waals surface area contributed by atoms with Gasteiger partial charge in [0, 0.05) is 13.1 Å². The minimum Gasteiger partial charge on any atom is -0.497 e. The van der Waals surface area contributed by atoms with E-state index in [0.29, 0.717) is 12.2 Å². The Morgan fingerprint density at radius 1 is 0.971 bits per heavy atom. The van der Waals surface area contributed by atoms with Crippen LogP contribution >= 0.6 is 0 Å². The van der Waals surface area contributed by atoms with Crippen molar-refractivity contribution in [2.75, 3.05) is 26.8 Å². The van der Waals surface area contributed by atoms with Crippen molar-refractivity contribution in [3.8, 4) is 5.75 Å². The molecule has 0 aromatic heterocycles. The molecule has 0 bridgehead atoms. The van der Waals surface area contributed by atoms with E-state index in [1.54, 1.807) is 19.2 Å². The molecule has 0 aliphatic rings. The van der Waals surface area contributed by atoms with Crippen molar-refractivity contribution in [3.63, 3.8) is 0 Å². The second kappa shape index (κ2) is 14.6. The standard InChI is InChI=1S/C26H35N3O6/c1-19(2)15-23(25(32)27-13-14-30)29(17-20-9-11-22(34-3)12-10-20)24(31)16-28-26(33)35-18-21-7-5-4-6-8-21/h4-12,19,23,30H,13-18H2,1-3H3,(H,27,32)(H,28,33)/t23-/m0/s1. The van der Waals surface area contributed by atoms with Crippen LogP contribution in [0.2, 0.25) is 0 Å². The van der Waals surface area contributed by atoms with Crippen molar-refractivity contribution < 1.29 is 29.0 Å². The van der Waals surface area contributed by atoms with Crippen molar-refractivity contribution in [3.05, 3.63) is 65.7 Å². The highest BCUT2D eigenvalue weighted by atomic mass is 16.5. The Morgan fingerprint density at radius 3 is 2.26 bits per heavy atom. The summed E-state index contributed by atoms with van der Waals surface area (Å²) in [6.07, 6.45) is -0.311. The van der Waals surface area contributed by atoms with Gasteiger partial charge >= 0.3 is 6.09 Å². The molecule has 0 heterocycles. The van der Waals surface area contributed by atoms with E-state index in [4.69, 9.17) is 14.6 Å². The first-order chi connectivity index (χ1) is 16.8.